The second-order valence-corrected chi connectivity index (χ2v) is 7.09. The number of carboxylic acids is 1. The molecule has 0 bridgehead atoms. The average molecular weight is 371 g/mol. The van der Waals surface area contributed by atoms with E-state index in [9.17, 15) is 14.7 Å². The lowest BCUT2D eigenvalue weighted by molar-refractivity contribution is -0.149. The number of hydrogen-bond acceptors (Lipinski definition) is 7. The minimum Gasteiger partial charge on any atom is -0.480 e. The normalized spacial score (nSPS) is 24.6. The monoisotopic (exact) mass is 371 g/mol. The molecule has 142 valence electrons. The Labute approximate surface area is 155 Å². The van der Waals surface area contributed by atoms with Crippen LogP contribution in [0, 0.1) is 5.92 Å². The molecule has 1 N–H and O–H groups in total. The van der Waals surface area contributed by atoms with E-state index in [0.717, 1.165) is 25.7 Å². The molecule has 0 unspecified atom stereocenters. The van der Waals surface area contributed by atoms with E-state index < -0.39 is 12.0 Å². The zero-order chi connectivity index (χ0) is 18.8. The number of hydrogen-bond donors (Lipinski definition) is 1. The van der Waals surface area contributed by atoms with Crippen molar-refractivity contribution in [3.05, 3.63) is 24.4 Å². The predicted molar refractivity (Wildman–Crippen MR) is 92.3 cm³/mol. The van der Waals surface area contributed by atoms with Crippen LogP contribution in [0.15, 0.2) is 23.0 Å². The lowest BCUT2D eigenvalue weighted by atomic mass is 9.84. The fourth-order valence-corrected chi connectivity index (χ4v) is 4.24. The Balaban J connectivity index is 1.42. The minimum atomic E-state index is -0.918. The largest absolute Gasteiger partial charge is 0.480 e. The van der Waals surface area contributed by atoms with Crippen LogP contribution >= 0.6 is 0 Å². The van der Waals surface area contributed by atoms with Crippen molar-refractivity contribution in [2.75, 3.05) is 0 Å². The van der Waals surface area contributed by atoms with Crippen LogP contribution in [-0.4, -0.2) is 54.1 Å². The van der Waals surface area contributed by atoms with Gasteiger partial charge in [-0.1, -0.05) is 18.0 Å². The molecule has 0 spiro atoms. The van der Waals surface area contributed by atoms with Crippen LogP contribution in [0.5, 0.6) is 0 Å². The Morgan fingerprint density at radius 1 is 1.19 bits per heavy atom. The summed E-state index contributed by atoms with van der Waals surface area (Å²) >= 11 is 0. The number of aryl methyl sites for hydroxylation is 1. The van der Waals surface area contributed by atoms with Crippen molar-refractivity contribution >= 4 is 11.9 Å². The smallest absolute Gasteiger partial charge is 0.326 e. The van der Waals surface area contributed by atoms with Crippen molar-refractivity contribution in [2.45, 2.75) is 57.0 Å². The van der Waals surface area contributed by atoms with E-state index in [1.807, 2.05) is 0 Å². The molecule has 9 nitrogen and oxygen atoms in total. The van der Waals surface area contributed by atoms with E-state index in [0.29, 0.717) is 24.1 Å². The van der Waals surface area contributed by atoms with Crippen LogP contribution in [0.2, 0.25) is 0 Å². The van der Waals surface area contributed by atoms with Gasteiger partial charge in [-0.2, -0.15) is 4.98 Å². The SMILES string of the molecule is O=C(O)[C@@H]1C[C@@H]2CCCC[C@H]2N1C(=O)CCc1nc(-c2ncccn2)no1. The summed E-state index contributed by atoms with van der Waals surface area (Å²) in [6, 6.07) is 1.02. The molecular formula is C18H21N5O4. The molecule has 2 aromatic heterocycles. The molecule has 3 heterocycles. The van der Waals surface area contributed by atoms with Gasteiger partial charge in [-0.25, -0.2) is 14.8 Å². The van der Waals surface area contributed by atoms with E-state index in [1.165, 1.54) is 0 Å². The molecular weight excluding hydrogens is 350 g/mol. The number of rotatable bonds is 5. The number of aromatic nitrogens is 4. The van der Waals surface area contributed by atoms with E-state index >= 15 is 0 Å². The molecule has 2 fully saturated rings. The third-order valence-corrected chi connectivity index (χ3v) is 5.45. The Morgan fingerprint density at radius 3 is 2.74 bits per heavy atom. The van der Waals surface area contributed by atoms with E-state index in [2.05, 4.69) is 20.1 Å². The van der Waals surface area contributed by atoms with Gasteiger partial charge < -0.3 is 14.5 Å². The topological polar surface area (TPSA) is 122 Å². The zero-order valence-electron chi connectivity index (χ0n) is 14.8. The molecule has 1 amide bonds. The number of carboxylic acid groups (broad SMARTS) is 1. The Morgan fingerprint density at radius 2 is 1.96 bits per heavy atom. The van der Waals surface area contributed by atoms with E-state index in [-0.39, 0.29) is 30.6 Å². The standard InChI is InChI=1S/C18H21N5O4/c24-15(23-12-5-2-1-4-11(12)10-13(23)18(25)26)7-6-14-21-17(22-27-14)16-19-8-3-9-20-16/h3,8-9,11-13H,1-2,4-7,10H2,(H,25,26)/t11-,12+,13-/m0/s1. The van der Waals surface area contributed by atoms with Gasteiger partial charge in [0, 0.05) is 31.3 Å². The molecule has 3 atom stereocenters. The number of amides is 1. The molecule has 0 aromatic carbocycles. The summed E-state index contributed by atoms with van der Waals surface area (Å²) in [4.78, 5) is 38.4. The third-order valence-electron chi connectivity index (χ3n) is 5.45. The van der Waals surface area contributed by atoms with Gasteiger partial charge in [0.1, 0.15) is 6.04 Å². The van der Waals surface area contributed by atoms with Crippen LogP contribution in [0.3, 0.4) is 0 Å². The van der Waals surface area contributed by atoms with Crippen LogP contribution in [-0.2, 0) is 16.0 Å². The summed E-state index contributed by atoms with van der Waals surface area (Å²) < 4.78 is 5.18. The number of aliphatic carboxylic acids is 1. The maximum absolute atomic E-state index is 12.8. The first-order chi connectivity index (χ1) is 13.1. The van der Waals surface area contributed by atoms with Gasteiger partial charge in [0.2, 0.25) is 23.4 Å². The van der Waals surface area contributed by atoms with Crippen LogP contribution in [0.4, 0.5) is 0 Å². The summed E-state index contributed by atoms with van der Waals surface area (Å²) in [5, 5.41) is 13.4. The van der Waals surface area contributed by atoms with Crippen LogP contribution in [0.25, 0.3) is 11.6 Å². The molecule has 0 radical (unpaired) electrons. The fraction of sp³-hybridized carbons (Fsp3) is 0.556. The Kier molecular flexibility index (Phi) is 4.83. The summed E-state index contributed by atoms with van der Waals surface area (Å²) in [6.07, 6.45) is 8.18. The number of nitrogens with zero attached hydrogens (tertiary/aromatic N) is 5. The van der Waals surface area contributed by atoms with Gasteiger partial charge in [0.25, 0.3) is 0 Å². The number of likely N-dealkylation sites (tertiary alicyclic amines) is 1. The van der Waals surface area contributed by atoms with Crippen molar-refractivity contribution < 1.29 is 19.2 Å². The summed E-state index contributed by atoms with van der Waals surface area (Å²) in [5.74, 6) is 0.169. The third kappa shape index (κ3) is 3.54. The number of carbonyl (C=O) groups excluding carboxylic acids is 1. The highest BCUT2D eigenvalue weighted by molar-refractivity contribution is 5.84. The molecule has 2 aromatic rings. The number of fused-ring (bicyclic) bond motifs is 1. The van der Waals surface area contributed by atoms with Gasteiger partial charge in [-0.05, 0) is 31.2 Å². The van der Waals surface area contributed by atoms with Crippen molar-refractivity contribution in [2.24, 2.45) is 5.92 Å². The molecule has 1 saturated carbocycles. The van der Waals surface area contributed by atoms with Gasteiger partial charge >= 0.3 is 5.97 Å². The minimum absolute atomic E-state index is 0.0447. The van der Waals surface area contributed by atoms with Crippen molar-refractivity contribution in [3.63, 3.8) is 0 Å². The van der Waals surface area contributed by atoms with Crippen LogP contribution in [0.1, 0.15) is 44.4 Å². The van der Waals surface area contributed by atoms with Crippen molar-refractivity contribution in [1.29, 1.82) is 0 Å². The van der Waals surface area contributed by atoms with Gasteiger partial charge in [0.15, 0.2) is 0 Å². The second-order valence-electron chi connectivity index (χ2n) is 7.09. The molecule has 2 aliphatic rings. The highest BCUT2D eigenvalue weighted by Crippen LogP contribution is 2.40. The van der Waals surface area contributed by atoms with Crippen molar-refractivity contribution in [3.8, 4) is 11.6 Å². The van der Waals surface area contributed by atoms with Gasteiger partial charge in [0.05, 0.1) is 0 Å². The first kappa shape index (κ1) is 17.6. The Hall–Kier alpha value is -2.84. The molecule has 9 heteroatoms. The Bertz CT molecular complexity index is 824. The average Bonchev–Trinajstić information content (AvgIpc) is 3.32. The molecule has 4 rings (SSSR count). The molecule has 1 aliphatic carbocycles. The molecule has 1 aliphatic heterocycles. The second kappa shape index (κ2) is 7.42. The van der Waals surface area contributed by atoms with E-state index in [4.69, 9.17) is 4.52 Å². The van der Waals surface area contributed by atoms with Gasteiger partial charge in [-0.3, -0.25) is 4.79 Å². The highest BCUT2D eigenvalue weighted by Gasteiger charge is 2.47. The maximum Gasteiger partial charge on any atom is 0.326 e. The first-order valence-electron chi connectivity index (χ1n) is 9.27. The lowest BCUT2D eigenvalue weighted by Crippen LogP contribution is -2.46. The summed E-state index contributed by atoms with van der Waals surface area (Å²) in [6.45, 7) is 0. The molecule has 1 saturated heterocycles. The van der Waals surface area contributed by atoms with Crippen LogP contribution < -0.4 is 0 Å². The summed E-state index contributed by atoms with van der Waals surface area (Å²) in [5.41, 5.74) is 0. The predicted octanol–water partition coefficient (Wildman–Crippen LogP) is 1.70. The summed E-state index contributed by atoms with van der Waals surface area (Å²) in [7, 11) is 0. The van der Waals surface area contributed by atoms with E-state index in [1.54, 1.807) is 23.4 Å². The first-order valence-corrected chi connectivity index (χ1v) is 9.27. The van der Waals surface area contributed by atoms with Crippen molar-refractivity contribution in [1.82, 2.24) is 25.0 Å². The van der Waals surface area contributed by atoms with Gasteiger partial charge in [-0.15, -0.1) is 0 Å². The molecule has 27 heavy (non-hydrogen) atoms. The fourth-order valence-electron chi connectivity index (χ4n) is 4.24. The number of carbonyl (C=O) groups is 2. The maximum atomic E-state index is 12.8. The lowest BCUT2D eigenvalue weighted by Gasteiger charge is -2.33. The quantitative estimate of drug-likeness (QED) is 0.842. The highest BCUT2D eigenvalue weighted by atomic mass is 16.5. The zero-order valence-corrected chi connectivity index (χ0v) is 14.8.